The highest BCUT2D eigenvalue weighted by Crippen LogP contribution is 2.28. The van der Waals surface area contributed by atoms with Crippen molar-refractivity contribution < 1.29 is 19.1 Å². The van der Waals surface area contributed by atoms with Crippen LogP contribution in [0.5, 0.6) is 0 Å². The Balaban J connectivity index is 1.73. The average molecular weight is 562 g/mol. The van der Waals surface area contributed by atoms with Crippen LogP contribution >= 0.6 is 22.9 Å². The van der Waals surface area contributed by atoms with E-state index >= 15 is 0 Å². The molecule has 1 aliphatic heterocycles. The van der Waals surface area contributed by atoms with Crippen molar-refractivity contribution in [3.63, 3.8) is 0 Å². The van der Waals surface area contributed by atoms with Crippen molar-refractivity contribution in [2.45, 2.75) is 64.3 Å². The van der Waals surface area contributed by atoms with Gasteiger partial charge in [-0.2, -0.15) is 0 Å². The van der Waals surface area contributed by atoms with Crippen LogP contribution in [0.15, 0.2) is 30.4 Å². The van der Waals surface area contributed by atoms with Gasteiger partial charge in [0.2, 0.25) is 5.91 Å². The van der Waals surface area contributed by atoms with Crippen LogP contribution in [-0.4, -0.2) is 67.3 Å². The fraction of sp³-hybridized carbons (Fsp3) is 0.586. The van der Waals surface area contributed by atoms with Crippen LogP contribution in [0, 0.1) is 11.8 Å². The number of benzene rings is 1. The summed E-state index contributed by atoms with van der Waals surface area (Å²) < 4.78 is 6.51. The molecule has 2 aromatic rings. The molecule has 1 amide bonds. The van der Waals surface area contributed by atoms with Crippen molar-refractivity contribution in [1.82, 2.24) is 15.2 Å². The first-order chi connectivity index (χ1) is 18.2. The maximum Gasteiger partial charge on any atom is 0.224 e. The Morgan fingerprint density at radius 3 is 2.71 bits per heavy atom. The summed E-state index contributed by atoms with van der Waals surface area (Å²) >= 11 is 7.65. The molecular weight excluding hydrogens is 522 g/mol. The molecule has 0 bridgehead atoms. The summed E-state index contributed by atoms with van der Waals surface area (Å²) in [5.41, 5.74) is 0.842. The predicted molar refractivity (Wildman–Crippen MR) is 154 cm³/mol. The fourth-order valence-electron chi connectivity index (χ4n) is 4.78. The van der Waals surface area contributed by atoms with Crippen molar-refractivity contribution >= 4 is 50.6 Å². The maximum absolute atomic E-state index is 13.7. The lowest BCUT2D eigenvalue weighted by Crippen LogP contribution is -2.45. The third-order valence-electron chi connectivity index (χ3n) is 6.83. The van der Waals surface area contributed by atoms with E-state index in [1.165, 1.54) is 11.3 Å². The van der Waals surface area contributed by atoms with Gasteiger partial charge in [-0.1, -0.05) is 24.6 Å². The van der Waals surface area contributed by atoms with Crippen molar-refractivity contribution in [2.24, 2.45) is 11.8 Å². The number of likely N-dealkylation sites (N-methyl/N-ethyl adjacent to an activating group) is 1. The van der Waals surface area contributed by atoms with E-state index in [4.69, 9.17) is 21.3 Å². The molecule has 0 spiro atoms. The number of fused-ring (bicyclic) bond motifs is 1. The van der Waals surface area contributed by atoms with Crippen molar-refractivity contribution in [2.75, 3.05) is 33.9 Å². The van der Waals surface area contributed by atoms with Crippen molar-refractivity contribution in [3.05, 3.63) is 40.4 Å². The lowest BCUT2D eigenvalue weighted by molar-refractivity contribution is -0.130. The van der Waals surface area contributed by atoms with Crippen molar-refractivity contribution in [3.8, 4) is 0 Å². The lowest BCUT2D eigenvalue weighted by Gasteiger charge is -2.32. The molecule has 1 aliphatic rings. The zero-order valence-corrected chi connectivity index (χ0v) is 24.3. The topological polar surface area (TPSA) is 88.6 Å². The van der Waals surface area contributed by atoms with Gasteiger partial charge < -0.3 is 15.0 Å². The first-order valence-electron chi connectivity index (χ1n) is 13.5. The second-order valence-corrected chi connectivity index (χ2v) is 11.9. The van der Waals surface area contributed by atoms with Crippen LogP contribution < -0.4 is 5.32 Å². The predicted octanol–water partition coefficient (Wildman–Crippen LogP) is 5.25. The van der Waals surface area contributed by atoms with E-state index in [9.17, 15) is 14.4 Å². The monoisotopic (exact) mass is 561 g/mol. The number of aromatic nitrogens is 1. The maximum atomic E-state index is 13.7. The number of amides is 1. The molecule has 1 aromatic heterocycles. The van der Waals surface area contributed by atoms with E-state index in [2.05, 4.69) is 5.32 Å². The Morgan fingerprint density at radius 1 is 1.24 bits per heavy atom. The van der Waals surface area contributed by atoms with Crippen LogP contribution in [0.4, 0.5) is 0 Å². The Kier molecular flexibility index (Phi) is 12.4. The van der Waals surface area contributed by atoms with Crippen LogP contribution in [0.2, 0.25) is 5.02 Å². The third-order valence-corrected chi connectivity index (χ3v) is 8.10. The molecule has 38 heavy (non-hydrogen) atoms. The molecule has 2 heterocycles. The van der Waals surface area contributed by atoms with E-state index in [1.54, 1.807) is 12.1 Å². The highest BCUT2D eigenvalue weighted by molar-refractivity contribution is 7.18. The van der Waals surface area contributed by atoms with Crippen LogP contribution in [0.3, 0.4) is 0 Å². The number of ether oxygens (including phenoxy) is 1. The number of nitrogens with zero attached hydrogens (tertiary/aromatic N) is 2. The number of hydrogen-bond acceptors (Lipinski definition) is 7. The second kappa shape index (κ2) is 15.5. The minimum Gasteiger partial charge on any atom is -0.381 e. The molecule has 0 radical (unpaired) electrons. The van der Waals surface area contributed by atoms with Crippen LogP contribution in [0.25, 0.3) is 10.2 Å². The molecule has 7 nitrogen and oxygen atoms in total. The summed E-state index contributed by atoms with van der Waals surface area (Å²) in [6.45, 7) is 3.98. The third kappa shape index (κ3) is 9.88. The zero-order chi connectivity index (χ0) is 27.5. The van der Waals surface area contributed by atoms with Gasteiger partial charge in [0, 0.05) is 56.5 Å². The number of thiazole rings is 1. The van der Waals surface area contributed by atoms with E-state index in [0.29, 0.717) is 50.5 Å². The van der Waals surface area contributed by atoms with Gasteiger partial charge in [0.15, 0.2) is 5.78 Å². The summed E-state index contributed by atoms with van der Waals surface area (Å²) in [5.74, 6) is -0.272. The van der Waals surface area contributed by atoms with Crippen LogP contribution in [-0.2, 0) is 25.5 Å². The molecule has 1 saturated heterocycles. The quantitative estimate of drug-likeness (QED) is 0.299. The first-order valence-corrected chi connectivity index (χ1v) is 14.7. The molecule has 0 aliphatic carbocycles. The Morgan fingerprint density at radius 2 is 2.00 bits per heavy atom. The SMILES string of the molecule is CCCC(=O)C[C@@H](Cc1nc2ccc(Cl)cc2s1)C(=O)N[C@H](CCC(=O)/C=C/CN(C)C)C1CCOCC1. The van der Waals surface area contributed by atoms with Gasteiger partial charge in [0.05, 0.1) is 21.1 Å². The summed E-state index contributed by atoms with van der Waals surface area (Å²) in [4.78, 5) is 45.5. The highest BCUT2D eigenvalue weighted by Gasteiger charge is 2.30. The minimum atomic E-state index is -0.511. The number of Topliss-reactive ketones (excluding diaryl/α,β-unsaturated/α-hetero) is 1. The van der Waals surface area contributed by atoms with Gasteiger partial charge in [0.25, 0.3) is 0 Å². The van der Waals surface area contributed by atoms with Crippen LogP contribution in [0.1, 0.15) is 56.9 Å². The number of ketones is 2. The summed E-state index contributed by atoms with van der Waals surface area (Å²) in [5, 5.41) is 4.71. The number of hydrogen-bond donors (Lipinski definition) is 1. The van der Waals surface area contributed by atoms with Gasteiger partial charge in [-0.3, -0.25) is 14.4 Å². The lowest BCUT2D eigenvalue weighted by atomic mass is 9.87. The number of allylic oxidation sites excluding steroid dienone is 1. The number of rotatable bonds is 15. The standard InChI is InChI=1S/C29H40ClN3O4S/c1-4-6-24(35)17-21(18-28-31-26-10-8-22(30)19-27(26)38-28)29(36)32-25(20-12-15-37-16-13-20)11-9-23(34)7-5-14-33(2)3/h5,7-8,10,19-21,25H,4,6,9,11-18H2,1-3H3,(H,32,36)/b7-5+/t21-,25+/m0/s1. The number of carbonyl (C=O) groups excluding carboxylic acids is 3. The molecule has 1 fully saturated rings. The first kappa shape index (κ1) is 30.4. The minimum absolute atomic E-state index is 0.0565. The highest BCUT2D eigenvalue weighted by atomic mass is 35.5. The number of halogens is 1. The van der Waals surface area contributed by atoms with Crippen molar-refractivity contribution in [1.29, 1.82) is 0 Å². The second-order valence-electron chi connectivity index (χ2n) is 10.3. The molecule has 3 rings (SSSR count). The van der Waals surface area contributed by atoms with E-state index in [1.807, 2.05) is 44.1 Å². The zero-order valence-electron chi connectivity index (χ0n) is 22.7. The molecule has 208 valence electrons. The van der Waals surface area contributed by atoms with E-state index < -0.39 is 5.92 Å². The Bertz CT molecular complexity index is 1110. The summed E-state index contributed by atoms with van der Waals surface area (Å²) in [6.07, 6.45) is 7.90. The molecule has 1 N–H and O–H groups in total. The molecule has 1 aromatic carbocycles. The Labute approximate surface area is 235 Å². The van der Waals surface area contributed by atoms with Gasteiger partial charge in [-0.25, -0.2) is 4.98 Å². The molecule has 9 heteroatoms. The van der Waals surface area contributed by atoms with E-state index in [0.717, 1.165) is 34.5 Å². The van der Waals surface area contributed by atoms with Gasteiger partial charge >= 0.3 is 0 Å². The smallest absolute Gasteiger partial charge is 0.224 e. The van der Waals surface area contributed by atoms with Gasteiger partial charge in [-0.05, 0) is 70.0 Å². The molecule has 0 unspecified atom stereocenters. The fourth-order valence-corrected chi connectivity index (χ4v) is 6.10. The molecule has 0 saturated carbocycles. The normalized spacial score (nSPS) is 16.2. The number of carbonyl (C=O) groups is 3. The Hall–Kier alpha value is -2.13. The van der Waals surface area contributed by atoms with Gasteiger partial charge in [0.1, 0.15) is 5.78 Å². The van der Waals surface area contributed by atoms with Gasteiger partial charge in [-0.15, -0.1) is 11.3 Å². The number of nitrogens with one attached hydrogen (secondary N) is 1. The molecule has 2 atom stereocenters. The summed E-state index contributed by atoms with van der Waals surface area (Å²) in [7, 11) is 3.91. The molecular formula is C29H40ClN3O4S. The van der Waals surface area contributed by atoms with E-state index in [-0.39, 0.29) is 35.9 Å². The average Bonchev–Trinajstić information content (AvgIpc) is 3.27. The summed E-state index contributed by atoms with van der Waals surface area (Å²) in [6, 6.07) is 5.41. The largest absolute Gasteiger partial charge is 0.381 e.